The molecule has 2 nitrogen and oxygen atoms in total. The van der Waals surface area contributed by atoms with Gasteiger partial charge in [-0.2, -0.15) is 0 Å². The highest BCUT2D eigenvalue weighted by molar-refractivity contribution is 6.30. The van der Waals surface area contributed by atoms with Crippen LogP contribution in [0.5, 0.6) is 0 Å². The SMILES string of the molecule is CNC(c1ccc(Cl)cc1F)C1CCOC1. The molecule has 2 rings (SSSR count). The van der Waals surface area contributed by atoms with Crippen molar-refractivity contribution in [3.63, 3.8) is 0 Å². The summed E-state index contributed by atoms with van der Waals surface area (Å²) in [7, 11) is 1.84. The van der Waals surface area contributed by atoms with Crippen molar-refractivity contribution in [2.75, 3.05) is 20.3 Å². The van der Waals surface area contributed by atoms with E-state index in [2.05, 4.69) is 5.32 Å². The maximum Gasteiger partial charge on any atom is 0.129 e. The molecule has 1 heterocycles. The van der Waals surface area contributed by atoms with Crippen LogP contribution < -0.4 is 5.32 Å². The molecule has 1 aromatic carbocycles. The highest BCUT2D eigenvalue weighted by atomic mass is 35.5. The van der Waals surface area contributed by atoms with Crippen molar-refractivity contribution in [2.24, 2.45) is 5.92 Å². The van der Waals surface area contributed by atoms with Gasteiger partial charge >= 0.3 is 0 Å². The van der Waals surface area contributed by atoms with Gasteiger partial charge in [0.05, 0.1) is 6.61 Å². The van der Waals surface area contributed by atoms with Crippen molar-refractivity contribution < 1.29 is 9.13 Å². The molecule has 0 spiro atoms. The van der Waals surface area contributed by atoms with Crippen LogP contribution in [0.15, 0.2) is 18.2 Å². The fourth-order valence-corrected chi connectivity index (χ4v) is 2.37. The summed E-state index contributed by atoms with van der Waals surface area (Å²) in [5.74, 6) is 0.0828. The first-order valence-electron chi connectivity index (χ1n) is 5.42. The van der Waals surface area contributed by atoms with E-state index < -0.39 is 0 Å². The third-order valence-corrected chi connectivity index (χ3v) is 3.28. The van der Waals surface area contributed by atoms with Crippen molar-refractivity contribution in [3.8, 4) is 0 Å². The molecule has 1 N–H and O–H groups in total. The molecule has 4 heteroatoms. The van der Waals surface area contributed by atoms with E-state index in [4.69, 9.17) is 16.3 Å². The Morgan fingerprint density at radius 2 is 2.38 bits per heavy atom. The Morgan fingerprint density at radius 3 is 2.94 bits per heavy atom. The molecule has 2 unspecified atom stereocenters. The van der Waals surface area contributed by atoms with E-state index in [9.17, 15) is 4.39 Å². The highest BCUT2D eigenvalue weighted by Gasteiger charge is 2.27. The van der Waals surface area contributed by atoms with Crippen LogP contribution in [0.3, 0.4) is 0 Å². The van der Waals surface area contributed by atoms with Gasteiger partial charge in [-0.15, -0.1) is 0 Å². The lowest BCUT2D eigenvalue weighted by Gasteiger charge is -2.22. The van der Waals surface area contributed by atoms with E-state index in [-0.39, 0.29) is 11.9 Å². The lowest BCUT2D eigenvalue weighted by atomic mass is 9.92. The summed E-state index contributed by atoms with van der Waals surface area (Å²) in [6.45, 7) is 1.45. The van der Waals surface area contributed by atoms with E-state index >= 15 is 0 Å². The quantitative estimate of drug-likeness (QED) is 0.882. The number of nitrogens with one attached hydrogen (secondary N) is 1. The van der Waals surface area contributed by atoms with Crippen molar-refractivity contribution in [1.82, 2.24) is 5.32 Å². The monoisotopic (exact) mass is 243 g/mol. The topological polar surface area (TPSA) is 21.3 Å². The molecule has 1 aliphatic rings. The van der Waals surface area contributed by atoms with Crippen molar-refractivity contribution in [2.45, 2.75) is 12.5 Å². The largest absolute Gasteiger partial charge is 0.381 e. The van der Waals surface area contributed by atoms with Crippen molar-refractivity contribution in [3.05, 3.63) is 34.6 Å². The minimum Gasteiger partial charge on any atom is -0.381 e. The first-order chi connectivity index (χ1) is 7.72. The van der Waals surface area contributed by atoms with Gasteiger partial charge < -0.3 is 10.1 Å². The van der Waals surface area contributed by atoms with E-state index in [0.717, 1.165) is 13.0 Å². The van der Waals surface area contributed by atoms with Gasteiger partial charge in [-0.1, -0.05) is 17.7 Å². The maximum atomic E-state index is 13.8. The van der Waals surface area contributed by atoms with Crippen LogP contribution >= 0.6 is 11.6 Å². The second kappa shape index (κ2) is 5.13. The lowest BCUT2D eigenvalue weighted by molar-refractivity contribution is 0.177. The van der Waals surface area contributed by atoms with Crippen LogP contribution in [0.1, 0.15) is 18.0 Å². The molecule has 2 atom stereocenters. The molecule has 1 saturated heterocycles. The standard InChI is InChI=1S/C12H15ClFNO/c1-15-12(8-4-5-16-7-8)10-3-2-9(13)6-11(10)14/h2-3,6,8,12,15H,4-5,7H2,1H3. The average molecular weight is 244 g/mol. The minimum absolute atomic E-state index is 0.000216. The third-order valence-electron chi connectivity index (χ3n) is 3.04. The second-order valence-corrected chi connectivity index (χ2v) is 4.49. The van der Waals surface area contributed by atoms with Crippen LogP contribution in [0, 0.1) is 11.7 Å². The lowest BCUT2D eigenvalue weighted by Crippen LogP contribution is -2.26. The van der Waals surface area contributed by atoms with Crippen molar-refractivity contribution in [1.29, 1.82) is 0 Å². The number of benzene rings is 1. The van der Waals surface area contributed by atoms with Crippen LogP contribution in [0.2, 0.25) is 5.02 Å². The molecule has 0 bridgehead atoms. The summed E-state index contributed by atoms with van der Waals surface area (Å²) >= 11 is 5.74. The number of ether oxygens (including phenoxy) is 1. The van der Waals surface area contributed by atoms with Crippen LogP contribution in [0.25, 0.3) is 0 Å². The molecule has 0 aromatic heterocycles. The predicted molar refractivity (Wildman–Crippen MR) is 62.1 cm³/mol. The zero-order valence-electron chi connectivity index (χ0n) is 9.17. The molecule has 1 aromatic rings. The van der Waals surface area contributed by atoms with Gasteiger partial charge in [0.25, 0.3) is 0 Å². The smallest absolute Gasteiger partial charge is 0.129 e. The van der Waals surface area contributed by atoms with E-state index in [0.29, 0.717) is 23.1 Å². The number of hydrogen-bond acceptors (Lipinski definition) is 2. The zero-order valence-corrected chi connectivity index (χ0v) is 9.93. The van der Waals surface area contributed by atoms with E-state index in [1.165, 1.54) is 6.07 Å². The van der Waals surface area contributed by atoms with Gasteiger partial charge in [0.1, 0.15) is 5.82 Å². The van der Waals surface area contributed by atoms with Gasteiger partial charge in [0, 0.05) is 29.2 Å². The van der Waals surface area contributed by atoms with Gasteiger partial charge in [-0.25, -0.2) is 4.39 Å². The molecule has 0 radical (unpaired) electrons. The number of halogens is 2. The fourth-order valence-electron chi connectivity index (χ4n) is 2.21. The first-order valence-corrected chi connectivity index (χ1v) is 5.80. The Kier molecular flexibility index (Phi) is 3.79. The maximum absolute atomic E-state index is 13.8. The van der Waals surface area contributed by atoms with E-state index in [1.807, 2.05) is 7.05 Å². The molecule has 88 valence electrons. The Labute approximate surface area is 99.7 Å². The summed E-state index contributed by atoms with van der Waals surface area (Å²) in [5.41, 5.74) is 0.669. The molecule has 0 amide bonds. The molecule has 1 aliphatic heterocycles. The summed E-state index contributed by atoms with van der Waals surface area (Å²) in [4.78, 5) is 0. The normalized spacial score (nSPS) is 22.3. The molecule has 16 heavy (non-hydrogen) atoms. The van der Waals surface area contributed by atoms with Gasteiger partial charge in [0.15, 0.2) is 0 Å². The first kappa shape index (κ1) is 11.8. The van der Waals surface area contributed by atoms with Crippen LogP contribution in [0.4, 0.5) is 4.39 Å². The summed E-state index contributed by atoms with van der Waals surface area (Å²) in [5, 5.41) is 3.59. The zero-order chi connectivity index (χ0) is 11.5. The Morgan fingerprint density at radius 1 is 1.56 bits per heavy atom. The van der Waals surface area contributed by atoms with Crippen LogP contribution in [-0.4, -0.2) is 20.3 Å². The third kappa shape index (κ3) is 2.37. The van der Waals surface area contributed by atoms with Gasteiger partial charge in [-0.05, 0) is 25.6 Å². The van der Waals surface area contributed by atoms with E-state index in [1.54, 1.807) is 12.1 Å². The average Bonchev–Trinajstić information content (AvgIpc) is 2.75. The number of rotatable bonds is 3. The summed E-state index contributed by atoms with van der Waals surface area (Å²) in [6.07, 6.45) is 0.966. The molecule has 1 fully saturated rings. The Balaban J connectivity index is 2.25. The molecular formula is C12H15ClFNO. The fraction of sp³-hybridized carbons (Fsp3) is 0.500. The highest BCUT2D eigenvalue weighted by Crippen LogP contribution is 2.30. The second-order valence-electron chi connectivity index (χ2n) is 4.06. The molecular weight excluding hydrogens is 229 g/mol. The Hall–Kier alpha value is -0.640. The summed E-state index contributed by atoms with van der Waals surface area (Å²) < 4.78 is 19.1. The van der Waals surface area contributed by atoms with Crippen LogP contribution in [-0.2, 0) is 4.74 Å². The van der Waals surface area contributed by atoms with Gasteiger partial charge in [-0.3, -0.25) is 0 Å². The molecule has 0 saturated carbocycles. The summed E-state index contributed by atoms with van der Waals surface area (Å²) in [6, 6.07) is 4.83. The minimum atomic E-state index is -0.251. The van der Waals surface area contributed by atoms with Crippen molar-refractivity contribution >= 4 is 11.6 Å². The predicted octanol–water partition coefficient (Wildman–Crippen LogP) is 2.78. The molecule has 0 aliphatic carbocycles. The van der Waals surface area contributed by atoms with Gasteiger partial charge in [0.2, 0.25) is 0 Å². The number of hydrogen-bond donors (Lipinski definition) is 1. The Bertz CT molecular complexity index is 366.